The minimum absolute atomic E-state index is 0. The van der Waals surface area contributed by atoms with Crippen LogP contribution in [0.4, 0.5) is 0 Å². The Morgan fingerprint density at radius 1 is 0.273 bits per heavy atom. The Morgan fingerprint density at radius 3 is 0.591 bits per heavy atom. The molecule has 4 aromatic rings. The van der Waals surface area contributed by atoms with Crippen molar-refractivity contribution in [2.45, 2.75) is 0 Å². The van der Waals surface area contributed by atoms with Crippen LogP contribution in [0, 0.1) is 0 Å². The molecule has 0 N–H and O–H groups in total. The Hall–Kier alpha value is -1.66. The van der Waals surface area contributed by atoms with E-state index in [-0.39, 0.29) is 51.4 Å². The maximum absolute atomic E-state index is 5.33. The summed E-state index contributed by atoms with van der Waals surface area (Å²) in [6.07, 6.45) is -1.22. The summed E-state index contributed by atoms with van der Waals surface area (Å²) in [5.74, 6) is 0. The van der Waals surface area contributed by atoms with Gasteiger partial charge in [-0.1, -0.05) is 121 Å². The van der Waals surface area contributed by atoms with Crippen LogP contribution >= 0.6 is 0 Å². The summed E-state index contributed by atoms with van der Waals surface area (Å²) in [6, 6.07) is 43.5. The van der Waals surface area contributed by atoms with Crippen molar-refractivity contribution in [2.24, 2.45) is 0 Å². The Bertz CT molecular complexity index is 996. The van der Waals surface area contributed by atoms with Crippen LogP contribution in [0.25, 0.3) is 0 Å². The van der Waals surface area contributed by atoms with Crippen LogP contribution in [0.15, 0.2) is 121 Å². The van der Waals surface area contributed by atoms with E-state index in [1.54, 1.807) is 0 Å². The first-order valence-electron chi connectivity index (χ1n) is 15.3. The number of rotatable bonds is 4. The van der Waals surface area contributed by atoms with E-state index in [9.17, 15) is 0 Å². The average molecular weight is 623 g/mol. The molecule has 1 saturated heterocycles. The molecule has 1 aliphatic heterocycles. The predicted octanol–water partition coefficient (Wildman–Crippen LogP) is 0.168. The Morgan fingerprint density at radius 2 is 0.432 bits per heavy atom. The minimum atomic E-state index is -1.22. The first kappa shape index (κ1) is 36.8. The SMILES string of the molecule is C1COCCOCCOCCOCCOCCO1.[K+].c1ccc([B-](c2ccccc2)(c2ccccc2)c2ccccc2)cc1. The quantitative estimate of drug-likeness (QED) is 0.303. The third-order valence-electron chi connectivity index (χ3n) is 7.43. The van der Waals surface area contributed by atoms with Gasteiger partial charge in [-0.3, -0.25) is 0 Å². The molecule has 228 valence electrons. The Labute approximate surface area is 305 Å². The van der Waals surface area contributed by atoms with E-state index >= 15 is 0 Å². The topological polar surface area (TPSA) is 55.4 Å². The van der Waals surface area contributed by atoms with E-state index in [1.807, 2.05) is 0 Å². The largest absolute Gasteiger partial charge is 1.00 e. The van der Waals surface area contributed by atoms with Crippen LogP contribution in [-0.2, 0) is 28.4 Å². The molecule has 0 aromatic heterocycles. The molecule has 0 atom stereocenters. The van der Waals surface area contributed by atoms with E-state index in [1.165, 1.54) is 21.9 Å². The second-order valence-corrected chi connectivity index (χ2v) is 10.2. The molecule has 0 unspecified atom stereocenters. The molecule has 0 spiro atoms. The summed E-state index contributed by atoms with van der Waals surface area (Å²) < 4.78 is 32.0. The Balaban J connectivity index is 0.000000249. The third-order valence-corrected chi connectivity index (χ3v) is 7.43. The molecule has 0 radical (unpaired) electrons. The first-order valence-corrected chi connectivity index (χ1v) is 15.3. The van der Waals surface area contributed by atoms with Gasteiger partial charge in [0.2, 0.25) is 0 Å². The van der Waals surface area contributed by atoms with Gasteiger partial charge in [-0.2, -0.15) is 21.9 Å². The van der Waals surface area contributed by atoms with E-state index in [2.05, 4.69) is 121 Å². The molecule has 44 heavy (non-hydrogen) atoms. The average Bonchev–Trinajstić information content (AvgIpc) is 3.08. The van der Waals surface area contributed by atoms with Crippen molar-refractivity contribution in [1.29, 1.82) is 0 Å². The zero-order valence-electron chi connectivity index (χ0n) is 26.1. The minimum Gasteiger partial charge on any atom is -0.377 e. The zero-order chi connectivity index (χ0) is 29.7. The van der Waals surface area contributed by atoms with Crippen molar-refractivity contribution in [2.75, 3.05) is 79.3 Å². The van der Waals surface area contributed by atoms with Crippen molar-refractivity contribution in [3.63, 3.8) is 0 Å². The van der Waals surface area contributed by atoms with Gasteiger partial charge in [-0.15, -0.1) is 0 Å². The van der Waals surface area contributed by atoms with Gasteiger partial charge in [-0.05, 0) is 0 Å². The molecule has 1 fully saturated rings. The predicted molar refractivity (Wildman–Crippen MR) is 175 cm³/mol. The fraction of sp³-hybridized carbons (Fsp3) is 0.333. The van der Waals surface area contributed by atoms with Crippen LogP contribution in [0.3, 0.4) is 0 Å². The first-order chi connectivity index (χ1) is 21.4. The van der Waals surface area contributed by atoms with Crippen LogP contribution in [0.5, 0.6) is 0 Å². The molecule has 0 aliphatic carbocycles. The molecule has 4 aromatic carbocycles. The Kier molecular flexibility index (Phi) is 19.1. The van der Waals surface area contributed by atoms with Crippen molar-refractivity contribution in [1.82, 2.24) is 0 Å². The molecule has 0 saturated carbocycles. The summed E-state index contributed by atoms with van der Waals surface area (Å²) >= 11 is 0. The summed E-state index contributed by atoms with van der Waals surface area (Å²) in [5.41, 5.74) is 5.36. The summed E-state index contributed by atoms with van der Waals surface area (Å²) in [5, 5.41) is 0. The van der Waals surface area contributed by atoms with Gasteiger partial charge in [0.25, 0.3) is 0 Å². The van der Waals surface area contributed by atoms with Gasteiger partial charge in [0.1, 0.15) is 6.15 Å². The van der Waals surface area contributed by atoms with Crippen LogP contribution in [0.1, 0.15) is 0 Å². The van der Waals surface area contributed by atoms with E-state index < -0.39 is 6.15 Å². The number of hydrogen-bond acceptors (Lipinski definition) is 6. The smallest absolute Gasteiger partial charge is 0.377 e. The summed E-state index contributed by atoms with van der Waals surface area (Å²) in [7, 11) is 0. The van der Waals surface area contributed by atoms with Crippen LogP contribution < -0.4 is 73.2 Å². The molecule has 1 heterocycles. The van der Waals surface area contributed by atoms with E-state index in [0.717, 1.165) is 0 Å². The molecule has 5 rings (SSSR count). The second kappa shape index (κ2) is 22.8. The molecule has 0 amide bonds. The molecule has 6 nitrogen and oxygen atoms in total. The molecule has 1 aliphatic rings. The van der Waals surface area contributed by atoms with E-state index in [4.69, 9.17) is 28.4 Å². The van der Waals surface area contributed by atoms with Crippen LogP contribution in [-0.4, -0.2) is 85.4 Å². The van der Waals surface area contributed by atoms with Crippen LogP contribution in [0.2, 0.25) is 0 Å². The van der Waals surface area contributed by atoms with Gasteiger partial charge in [0, 0.05) is 0 Å². The maximum atomic E-state index is 5.33. The van der Waals surface area contributed by atoms with Gasteiger partial charge in [-0.25, -0.2) is 0 Å². The van der Waals surface area contributed by atoms with Gasteiger partial charge in [0.15, 0.2) is 0 Å². The zero-order valence-corrected chi connectivity index (χ0v) is 29.2. The maximum Gasteiger partial charge on any atom is 1.00 e. The van der Waals surface area contributed by atoms with Crippen molar-refractivity contribution in [3.05, 3.63) is 121 Å². The fourth-order valence-electron chi connectivity index (χ4n) is 5.44. The normalized spacial score (nSPS) is 16.2. The molecule has 0 bridgehead atoms. The monoisotopic (exact) mass is 622 g/mol. The van der Waals surface area contributed by atoms with Gasteiger partial charge < -0.3 is 28.4 Å². The fourth-order valence-corrected chi connectivity index (χ4v) is 5.44. The number of benzene rings is 4. The standard InChI is InChI=1S/C24H20B.C12H24O6.K/c1-5-13-21(14-6-1)25(22-15-7-2-8-16-22,23-17-9-3-10-18-23)24-19-11-4-12-20-24;1-2-14-5-6-16-9-10-18-12-11-17-8-7-15-4-3-13-1;/h1-20H;1-12H2;/q-1;;+1. The van der Waals surface area contributed by atoms with Gasteiger partial charge in [0.05, 0.1) is 79.3 Å². The number of ether oxygens (including phenoxy) is 6. The molecular formula is C36H44BKO6. The number of hydrogen-bond donors (Lipinski definition) is 0. The molecular weight excluding hydrogens is 578 g/mol. The van der Waals surface area contributed by atoms with Gasteiger partial charge >= 0.3 is 51.4 Å². The second-order valence-electron chi connectivity index (χ2n) is 10.2. The van der Waals surface area contributed by atoms with Crippen molar-refractivity contribution < 1.29 is 79.8 Å². The summed E-state index contributed by atoms with van der Waals surface area (Å²) in [4.78, 5) is 0. The van der Waals surface area contributed by atoms with Crippen molar-refractivity contribution >= 4 is 28.0 Å². The summed E-state index contributed by atoms with van der Waals surface area (Å²) in [6.45, 7) is 7.04. The van der Waals surface area contributed by atoms with Crippen molar-refractivity contribution in [3.8, 4) is 0 Å². The third kappa shape index (κ3) is 11.9. The molecule has 8 heteroatoms. The van der Waals surface area contributed by atoms with E-state index in [0.29, 0.717) is 79.3 Å².